The highest BCUT2D eigenvalue weighted by atomic mass is 31.2. The summed E-state index contributed by atoms with van der Waals surface area (Å²) in [7, 11) is -3.18. The Balaban J connectivity index is 1.72. The molecule has 1 heterocycles. The maximum atomic E-state index is 14.0. The lowest BCUT2D eigenvalue weighted by molar-refractivity contribution is -0.139. The molecule has 0 fully saturated rings. The third-order valence-corrected chi connectivity index (χ3v) is 11.2. The van der Waals surface area contributed by atoms with Crippen molar-refractivity contribution in [3.63, 3.8) is 0 Å². The fourth-order valence-electron chi connectivity index (χ4n) is 5.12. The van der Waals surface area contributed by atoms with Crippen LogP contribution in [0.2, 0.25) is 0 Å². The Labute approximate surface area is 241 Å². The van der Waals surface area contributed by atoms with Crippen molar-refractivity contribution >= 4 is 13.3 Å². The van der Waals surface area contributed by atoms with Crippen molar-refractivity contribution in [3.8, 4) is 5.75 Å². The first-order chi connectivity index (χ1) is 18.9. The van der Waals surface area contributed by atoms with E-state index in [2.05, 4.69) is 4.99 Å². The van der Waals surface area contributed by atoms with Crippen molar-refractivity contribution in [1.82, 2.24) is 0 Å². The number of aryl methyl sites for hydroxylation is 2. The predicted molar refractivity (Wildman–Crippen MR) is 155 cm³/mol. The third-order valence-electron chi connectivity index (χ3n) is 7.21. The molecule has 0 spiro atoms. The van der Waals surface area contributed by atoms with Gasteiger partial charge in [0.2, 0.25) is 7.37 Å². The van der Waals surface area contributed by atoms with Gasteiger partial charge < -0.3 is 14.0 Å². The Morgan fingerprint density at radius 3 is 2.20 bits per heavy atom. The molecule has 1 atom stereocenters. The molecule has 3 rings (SSSR count). The summed E-state index contributed by atoms with van der Waals surface area (Å²) in [6, 6.07) is 10.2. The summed E-state index contributed by atoms with van der Waals surface area (Å²) in [4.78, 5) is 4.65. The Hall–Kier alpha value is -2.38. The van der Waals surface area contributed by atoms with Gasteiger partial charge in [0.1, 0.15) is 23.7 Å². The van der Waals surface area contributed by atoms with E-state index in [1.807, 2.05) is 41.5 Å². The first-order valence-corrected chi connectivity index (χ1v) is 15.5. The van der Waals surface area contributed by atoms with Crippen LogP contribution in [0.4, 0.5) is 17.6 Å². The highest BCUT2D eigenvalue weighted by molar-refractivity contribution is 7.62. The lowest BCUT2D eigenvalue weighted by Gasteiger charge is -2.41. The molecular formula is C31H42F4NO4P. The van der Waals surface area contributed by atoms with Gasteiger partial charge in [-0.2, -0.15) is 13.2 Å². The molecule has 2 aromatic carbocycles. The SMILES string of the molecule is CC1=NC(CCc2ccc(OCCCc3cccc(F)c3)c(C(F)(F)F)c2)(COP(=O)(C(C)(C)C)C(C)(C)C)CO1. The fraction of sp³-hybridized carbons (Fsp3) is 0.581. The Morgan fingerprint density at radius 2 is 1.63 bits per heavy atom. The van der Waals surface area contributed by atoms with Gasteiger partial charge in [0, 0.05) is 17.2 Å². The fourth-order valence-corrected chi connectivity index (χ4v) is 8.33. The number of hydrogen-bond acceptors (Lipinski definition) is 5. The Morgan fingerprint density at radius 1 is 0.976 bits per heavy atom. The average Bonchev–Trinajstić information content (AvgIpc) is 3.23. The van der Waals surface area contributed by atoms with Crippen LogP contribution in [0, 0.1) is 5.82 Å². The van der Waals surface area contributed by atoms with Crippen LogP contribution in [0.15, 0.2) is 47.5 Å². The van der Waals surface area contributed by atoms with Gasteiger partial charge in [-0.05, 0) is 61.1 Å². The average molecular weight is 600 g/mol. The van der Waals surface area contributed by atoms with Crippen LogP contribution >= 0.6 is 7.37 Å². The molecule has 5 nitrogen and oxygen atoms in total. The van der Waals surface area contributed by atoms with E-state index in [9.17, 15) is 22.1 Å². The molecule has 0 bridgehead atoms. The van der Waals surface area contributed by atoms with Gasteiger partial charge in [-0.1, -0.05) is 59.7 Å². The van der Waals surface area contributed by atoms with Crippen LogP contribution in [0.5, 0.6) is 5.75 Å². The zero-order chi connectivity index (χ0) is 30.7. The summed E-state index contributed by atoms with van der Waals surface area (Å²) in [5, 5.41) is -1.22. The maximum Gasteiger partial charge on any atom is 0.419 e. The van der Waals surface area contributed by atoms with Crippen molar-refractivity contribution in [3.05, 3.63) is 65.0 Å². The molecule has 1 aliphatic rings. The number of alkyl halides is 3. The van der Waals surface area contributed by atoms with Gasteiger partial charge in [-0.15, -0.1) is 0 Å². The van der Waals surface area contributed by atoms with E-state index in [4.69, 9.17) is 14.0 Å². The Kier molecular flexibility index (Phi) is 10.1. The van der Waals surface area contributed by atoms with Gasteiger partial charge in [0.15, 0.2) is 5.90 Å². The first-order valence-electron chi connectivity index (χ1n) is 13.9. The van der Waals surface area contributed by atoms with Gasteiger partial charge in [0.25, 0.3) is 0 Å². The minimum atomic E-state index is -4.61. The van der Waals surface area contributed by atoms with Gasteiger partial charge >= 0.3 is 6.18 Å². The predicted octanol–water partition coefficient (Wildman–Crippen LogP) is 8.87. The zero-order valence-corrected chi connectivity index (χ0v) is 25.9. The van der Waals surface area contributed by atoms with Crippen molar-refractivity contribution in [2.45, 2.75) is 96.2 Å². The first kappa shape index (κ1) is 33.1. The Bertz CT molecular complexity index is 1260. The normalized spacial score (nSPS) is 18.3. The molecule has 0 saturated carbocycles. The minimum Gasteiger partial charge on any atom is -0.493 e. The van der Waals surface area contributed by atoms with E-state index in [1.54, 1.807) is 25.1 Å². The molecule has 0 aliphatic carbocycles. The van der Waals surface area contributed by atoms with Crippen molar-refractivity contribution in [2.24, 2.45) is 4.99 Å². The number of rotatable bonds is 11. The van der Waals surface area contributed by atoms with Crippen LogP contribution in [0.1, 0.15) is 78.0 Å². The minimum absolute atomic E-state index is 0.0365. The second kappa shape index (κ2) is 12.5. The van der Waals surface area contributed by atoms with E-state index in [-0.39, 0.29) is 37.8 Å². The molecule has 0 saturated heterocycles. The summed E-state index contributed by atoms with van der Waals surface area (Å²) in [6.07, 6.45) is -3.05. The molecule has 1 unspecified atom stereocenters. The number of benzene rings is 2. The zero-order valence-electron chi connectivity index (χ0n) is 25.0. The highest BCUT2D eigenvalue weighted by Crippen LogP contribution is 2.67. The second-order valence-corrected chi connectivity index (χ2v) is 16.8. The highest BCUT2D eigenvalue weighted by Gasteiger charge is 2.50. The van der Waals surface area contributed by atoms with Crippen LogP contribution < -0.4 is 4.74 Å². The quantitative estimate of drug-likeness (QED) is 0.147. The van der Waals surface area contributed by atoms with Crippen LogP contribution in [0.3, 0.4) is 0 Å². The van der Waals surface area contributed by atoms with E-state index in [1.165, 1.54) is 18.2 Å². The number of halogens is 4. The molecule has 228 valence electrons. The van der Waals surface area contributed by atoms with Crippen LogP contribution in [-0.4, -0.2) is 41.6 Å². The summed E-state index contributed by atoms with van der Waals surface area (Å²) in [5.74, 6) is -0.130. The van der Waals surface area contributed by atoms with E-state index in [0.717, 1.165) is 11.6 Å². The van der Waals surface area contributed by atoms with E-state index in [0.29, 0.717) is 30.7 Å². The summed E-state index contributed by atoms with van der Waals surface area (Å²) < 4.78 is 86.7. The number of ether oxygens (including phenoxy) is 2. The monoisotopic (exact) mass is 599 g/mol. The third kappa shape index (κ3) is 8.35. The lowest BCUT2D eigenvalue weighted by Crippen LogP contribution is -2.38. The lowest BCUT2D eigenvalue weighted by atomic mass is 9.93. The van der Waals surface area contributed by atoms with Gasteiger partial charge in [-0.3, -0.25) is 4.57 Å². The molecule has 10 heteroatoms. The standard InChI is InChI=1S/C31H42F4NO4P/c1-22-36-30(20-39-22,21-40-41(37,28(2,3)4)29(5,6)7)16-15-24-13-14-27(26(19-24)31(33,34)35)38-17-9-11-23-10-8-12-25(32)18-23/h8,10,12-14,18-19H,9,11,15-17,20-21H2,1-7H3. The van der Waals surface area contributed by atoms with Crippen molar-refractivity contribution in [1.29, 1.82) is 0 Å². The molecule has 1 aliphatic heterocycles. The van der Waals surface area contributed by atoms with Crippen molar-refractivity contribution in [2.75, 3.05) is 19.8 Å². The van der Waals surface area contributed by atoms with Gasteiger partial charge in [0.05, 0.1) is 18.8 Å². The van der Waals surface area contributed by atoms with Gasteiger partial charge in [-0.25, -0.2) is 9.38 Å². The molecule has 2 aromatic rings. The van der Waals surface area contributed by atoms with Crippen LogP contribution in [0.25, 0.3) is 0 Å². The van der Waals surface area contributed by atoms with Crippen LogP contribution in [-0.2, 0) is 32.8 Å². The van der Waals surface area contributed by atoms with E-state index < -0.39 is 35.0 Å². The summed E-state index contributed by atoms with van der Waals surface area (Å²) >= 11 is 0. The molecule has 0 amide bonds. The maximum absolute atomic E-state index is 14.0. The molecular weight excluding hydrogens is 557 g/mol. The molecule has 41 heavy (non-hydrogen) atoms. The topological polar surface area (TPSA) is 57.1 Å². The number of aliphatic imine (C=N–C) groups is 1. The largest absolute Gasteiger partial charge is 0.493 e. The van der Waals surface area contributed by atoms with E-state index >= 15 is 0 Å². The summed E-state index contributed by atoms with van der Waals surface area (Å²) in [5.41, 5.74) is -0.481. The molecule has 0 N–H and O–H groups in total. The van der Waals surface area contributed by atoms with Crippen molar-refractivity contribution < 1.29 is 36.1 Å². The number of nitrogens with zero attached hydrogens (tertiary/aromatic N) is 1. The molecule has 0 radical (unpaired) electrons. The smallest absolute Gasteiger partial charge is 0.419 e. The number of hydrogen-bond donors (Lipinski definition) is 0. The summed E-state index contributed by atoms with van der Waals surface area (Å²) in [6.45, 7) is 13.3. The molecule has 0 aromatic heterocycles. The second-order valence-electron chi connectivity index (χ2n) is 12.7.